The van der Waals surface area contributed by atoms with E-state index in [4.69, 9.17) is 0 Å². The number of aliphatic hydroxyl groups is 1. The van der Waals surface area contributed by atoms with Gasteiger partial charge in [0.1, 0.15) is 0 Å². The Labute approximate surface area is 180 Å². The largest absolute Gasteiger partial charge is 0.390 e. The predicted octanol–water partition coefficient (Wildman–Crippen LogP) is 5.40. The lowest BCUT2D eigenvalue weighted by molar-refractivity contribution is -0.114. The van der Waals surface area contributed by atoms with Gasteiger partial charge in [0.2, 0.25) is 0 Å². The summed E-state index contributed by atoms with van der Waals surface area (Å²) in [6, 6.07) is 9.04. The predicted molar refractivity (Wildman–Crippen MR) is 122 cm³/mol. The highest BCUT2D eigenvalue weighted by atomic mass is 16.3. The normalized spacial score (nSPS) is 38.0. The summed E-state index contributed by atoms with van der Waals surface area (Å²) in [6.45, 7) is 4.42. The smallest absolute Gasteiger partial charge is 0.156 e. The van der Waals surface area contributed by atoms with Gasteiger partial charge in [-0.05, 0) is 92.2 Å². The fourth-order valence-electron chi connectivity index (χ4n) is 7.18. The van der Waals surface area contributed by atoms with Gasteiger partial charge < -0.3 is 10.0 Å². The van der Waals surface area contributed by atoms with Crippen LogP contribution in [0.25, 0.3) is 0 Å². The van der Waals surface area contributed by atoms with Crippen LogP contribution in [0.5, 0.6) is 0 Å². The number of hydrogen-bond acceptors (Lipinski definition) is 3. The summed E-state index contributed by atoms with van der Waals surface area (Å²) in [6.07, 6.45) is 8.67. The van der Waals surface area contributed by atoms with Crippen LogP contribution < -0.4 is 4.90 Å². The summed E-state index contributed by atoms with van der Waals surface area (Å²) >= 11 is 0. The zero-order chi connectivity index (χ0) is 21.3. The number of hydrogen-bond donors (Lipinski definition) is 1. The van der Waals surface area contributed by atoms with Crippen LogP contribution in [0.2, 0.25) is 0 Å². The SMILES string of the molecule is CN(C)c1ccc(C2CC3(C)C(CC[C@]3(C)O)C3CCC4=CC(=O)CCC4=C23)cc1. The molecule has 1 aromatic carbocycles. The van der Waals surface area contributed by atoms with E-state index in [2.05, 4.69) is 57.1 Å². The van der Waals surface area contributed by atoms with Crippen LogP contribution in [-0.2, 0) is 4.79 Å². The topological polar surface area (TPSA) is 40.5 Å². The van der Waals surface area contributed by atoms with Gasteiger partial charge in [0.15, 0.2) is 5.78 Å². The number of rotatable bonds is 2. The first-order valence-electron chi connectivity index (χ1n) is 11.7. The molecule has 0 bridgehead atoms. The highest BCUT2D eigenvalue weighted by molar-refractivity contribution is 5.93. The van der Waals surface area contributed by atoms with Gasteiger partial charge in [-0.1, -0.05) is 24.6 Å². The minimum absolute atomic E-state index is 0.0572. The monoisotopic (exact) mass is 405 g/mol. The van der Waals surface area contributed by atoms with Gasteiger partial charge in [-0.25, -0.2) is 0 Å². The maximum Gasteiger partial charge on any atom is 0.156 e. The van der Waals surface area contributed by atoms with E-state index in [1.807, 2.05) is 6.08 Å². The first kappa shape index (κ1) is 20.1. The number of allylic oxidation sites excluding steroid dienone is 4. The zero-order valence-corrected chi connectivity index (χ0v) is 18.9. The van der Waals surface area contributed by atoms with E-state index in [0.717, 1.165) is 38.5 Å². The van der Waals surface area contributed by atoms with E-state index in [1.54, 1.807) is 5.57 Å². The molecule has 0 aromatic heterocycles. The van der Waals surface area contributed by atoms with Crippen LogP contribution in [-0.4, -0.2) is 30.6 Å². The Kier molecular flexibility index (Phi) is 4.56. The van der Waals surface area contributed by atoms with Gasteiger partial charge in [0.25, 0.3) is 0 Å². The number of carbonyl (C=O) groups excluding carboxylic acids is 1. The lowest BCUT2D eigenvalue weighted by Gasteiger charge is -2.54. The highest BCUT2D eigenvalue weighted by Crippen LogP contribution is 2.66. The van der Waals surface area contributed by atoms with Crippen LogP contribution in [0.4, 0.5) is 5.69 Å². The lowest BCUT2D eigenvalue weighted by atomic mass is 9.51. The Morgan fingerprint density at radius 2 is 1.77 bits per heavy atom. The van der Waals surface area contributed by atoms with Crippen molar-refractivity contribution in [2.75, 3.05) is 19.0 Å². The quantitative estimate of drug-likeness (QED) is 0.716. The Hall–Kier alpha value is -1.87. The van der Waals surface area contributed by atoms with Crippen molar-refractivity contribution in [1.82, 2.24) is 0 Å². The minimum atomic E-state index is -0.603. The van der Waals surface area contributed by atoms with Crippen molar-refractivity contribution in [3.8, 4) is 0 Å². The average Bonchev–Trinajstić information content (AvgIpc) is 2.96. The van der Waals surface area contributed by atoms with E-state index < -0.39 is 5.60 Å². The number of ketones is 1. The van der Waals surface area contributed by atoms with Gasteiger partial charge in [0.05, 0.1) is 5.60 Å². The second kappa shape index (κ2) is 6.82. The van der Waals surface area contributed by atoms with Gasteiger partial charge in [-0.3, -0.25) is 4.79 Å². The summed E-state index contributed by atoms with van der Waals surface area (Å²) < 4.78 is 0. The highest BCUT2D eigenvalue weighted by Gasteiger charge is 2.60. The molecular weight excluding hydrogens is 370 g/mol. The second-order valence-electron chi connectivity index (χ2n) is 10.8. The lowest BCUT2D eigenvalue weighted by Crippen LogP contribution is -2.50. The molecule has 0 saturated heterocycles. The molecule has 2 fully saturated rings. The summed E-state index contributed by atoms with van der Waals surface area (Å²) in [5, 5.41) is 11.4. The maximum absolute atomic E-state index is 12.1. The van der Waals surface area contributed by atoms with Gasteiger partial charge in [0, 0.05) is 37.5 Å². The Morgan fingerprint density at radius 3 is 2.47 bits per heavy atom. The second-order valence-corrected chi connectivity index (χ2v) is 10.8. The molecule has 3 heteroatoms. The Balaban J connectivity index is 1.66. The minimum Gasteiger partial charge on any atom is -0.390 e. The molecule has 0 heterocycles. The molecule has 5 rings (SSSR count). The molecule has 0 amide bonds. The summed E-state index contributed by atoms with van der Waals surface area (Å²) in [5.41, 5.74) is 6.33. The first-order chi connectivity index (χ1) is 14.2. The molecule has 160 valence electrons. The third-order valence-corrected chi connectivity index (χ3v) is 9.11. The average molecular weight is 406 g/mol. The Morgan fingerprint density at radius 1 is 1.03 bits per heavy atom. The van der Waals surface area contributed by atoms with Gasteiger partial charge in [-0.15, -0.1) is 0 Å². The standard InChI is InChI=1S/C27H35NO2/c1-26-16-23(17-5-8-19(9-6-17)28(3)4)25-21-12-10-20(29)15-18(21)7-11-22(25)24(26)13-14-27(26,2)30/h5-6,8-9,15,22-24,30H,7,10-14,16H2,1-4H3/t22?,23?,24?,26?,27-/m0/s1. The molecule has 4 aliphatic rings. The molecule has 4 unspecified atom stereocenters. The first-order valence-corrected chi connectivity index (χ1v) is 11.7. The summed E-state index contributed by atoms with van der Waals surface area (Å²) in [7, 11) is 4.16. The third-order valence-electron chi connectivity index (χ3n) is 9.11. The van der Waals surface area contributed by atoms with E-state index in [9.17, 15) is 9.90 Å². The van der Waals surface area contributed by atoms with Crippen LogP contribution in [0, 0.1) is 17.3 Å². The van der Waals surface area contributed by atoms with E-state index in [-0.39, 0.29) is 5.41 Å². The summed E-state index contributed by atoms with van der Waals surface area (Å²) in [5.74, 6) is 1.72. The molecule has 2 saturated carbocycles. The molecule has 30 heavy (non-hydrogen) atoms. The molecule has 3 nitrogen and oxygen atoms in total. The third kappa shape index (κ3) is 2.85. The van der Waals surface area contributed by atoms with Gasteiger partial charge >= 0.3 is 0 Å². The fourth-order valence-corrected chi connectivity index (χ4v) is 7.18. The van der Waals surface area contributed by atoms with Crippen LogP contribution in [0.15, 0.2) is 47.1 Å². The summed E-state index contributed by atoms with van der Waals surface area (Å²) in [4.78, 5) is 14.3. The van der Waals surface area contributed by atoms with E-state index in [1.165, 1.54) is 22.4 Å². The molecule has 1 N–H and O–H groups in total. The molecule has 0 radical (unpaired) electrons. The van der Waals surface area contributed by atoms with E-state index >= 15 is 0 Å². The number of carbonyl (C=O) groups is 1. The van der Waals surface area contributed by atoms with Crippen LogP contribution >= 0.6 is 0 Å². The van der Waals surface area contributed by atoms with Crippen molar-refractivity contribution in [1.29, 1.82) is 0 Å². The number of fused-ring (bicyclic) bond motifs is 4. The van der Waals surface area contributed by atoms with Crippen LogP contribution in [0.1, 0.15) is 70.3 Å². The maximum atomic E-state index is 12.1. The molecule has 1 aromatic rings. The van der Waals surface area contributed by atoms with Crippen molar-refractivity contribution in [2.24, 2.45) is 17.3 Å². The van der Waals surface area contributed by atoms with Crippen molar-refractivity contribution >= 4 is 11.5 Å². The number of benzene rings is 1. The van der Waals surface area contributed by atoms with Crippen molar-refractivity contribution in [3.05, 3.63) is 52.6 Å². The van der Waals surface area contributed by atoms with Crippen molar-refractivity contribution in [3.63, 3.8) is 0 Å². The molecule has 4 aliphatic carbocycles. The van der Waals surface area contributed by atoms with E-state index in [0.29, 0.717) is 30.0 Å². The molecule has 0 spiro atoms. The molecule has 5 atom stereocenters. The Bertz CT molecular complexity index is 936. The van der Waals surface area contributed by atoms with Crippen LogP contribution in [0.3, 0.4) is 0 Å². The molecule has 0 aliphatic heterocycles. The van der Waals surface area contributed by atoms with Crippen molar-refractivity contribution < 1.29 is 9.90 Å². The zero-order valence-electron chi connectivity index (χ0n) is 18.9. The fraction of sp³-hybridized carbons (Fsp3) is 0.593. The number of anilines is 1. The van der Waals surface area contributed by atoms with Gasteiger partial charge in [-0.2, -0.15) is 0 Å². The molecular formula is C27H35NO2. The number of nitrogens with zero attached hydrogens (tertiary/aromatic N) is 1. The van der Waals surface area contributed by atoms with Crippen molar-refractivity contribution in [2.45, 2.75) is 70.3 Å².